The Balaban J connectivity index is 2.02. The number of aryl methyl sites for hydroxylation is 1. The summed E-state index contributed by atoms with van der Waals surface area (Å²) in [7, 11) is 0. The van der Waals surface area contributed by atoms with E-state index < -0.39 is 0 Å². The van der Waals surface area contributed by atoms with Crippen molar-refractivity contribution in [2.24, 2.45) is 10.7 Å². The Hall–Kier alpha value is -2.78. The zero-order valence-electron chi connectivity index (χ0n) is 12.7. The summed E-state index contributed by atoms with van der Waals surface area (Å²) in [5, 5.41) is 9.18. The van der Waals surface area contributed by atoms with Gasteiger partial charge in [-0.15, -0.1) is 0 Å². The largest absolute Gasteiger partial charge is 0.378 e. The highest BCUT2D eigenvalue weighted by molar-refractivity contribution is 8.18. The van der Waals surface area contributed by atoms with Crippen molar-refractivity contribution in [2.75, 3.05) is 0 Å². The molecule has 0 aliphatic carbocycles. The second-order valence-electron chi connectivity index (χ2n) is 5.19. The predicted molar refractivity (Wildman–Crippen MR) is 92.2 cm³/mol. The number of hydrogen-bond donors (Lipinski definition) is 1. The fourth-order valence-corrected chi connectivity index (χ4v) is 3.26. The smallest absolute Gasteiger partial charge is 0.286 e. The van der Waals surface area contributed by atoms with Crippen molar-refractivity contribution < 1.29 is 4.79 Å². The summed E-state index contributed by atoms with van der Waals surface area (Å²) in [6, 6.07) is 11.5. The van der Waals surface area contributed by atoms with Crippen molar-refractivity contribution in [1.29, 1.82) is 5.26 Å². The lowest BCUT2D eigenvalue weighted by molar-refractivity contribution is -0.113. The zero-order valence-corrected chi connectivity index (χ0v) is 13.5. The summed E-state index contributed by atoms with van der Waals surface area (Å²) in [6.45, 7) is 3.99. The third-order valence-electron chi connectivity index (χ3n) is 3.65. The normalized spacial score (nSPS) is 15.8. The molecular weight excluding hydrogens is 308 g/mol. The van der Waals surface area contributed by atoms with Crippen LogP contribution in [0.5, 0.6) is 0 Å². The summed E-state index contributed by atoms with van der Waals surface area (Å²) in [5.74, 6) is -0.296. The third kappa shape index (κ3) is 2.79. The Morgan fingerprint density at radius 1 is 1.30 bits per heavy atom. The summed E-state index contributed by atoms with van der Waals surface area (Å²) < 4.78 is 2.09. The molecule has 0 atom stereocenters. The first-order valence-corrected chi connectivity index (χ1v) is 7.79. The van der Waals surface area contributed by atoms with Gasteiger partial charge >= 0.3 is 0 Å². The monoisotopic (exact) mass is 322 g/mol. The van der Waals surface area contributed by atoms with Gasteiger partial charge in [-0.1, -0.05) is 0 Å². The van der Waals surface area contributed by atoms with Crippen LogP contribution in [0.3, 0.4) is 0 Å². The van der Waals surface area contributed by atoms with Crippen LogP contribution in [-0.4, -0.2) is 15.6 Å². The average molecular weight is 322 g/mol. The van der Waals surface area contributed by atoms with Gasteiger partial charge in [-0.05, 0) is 67.6 Å². The summed E-state index contributed by atoms with van der Waals surface area (Å²) in [6.07, 6.45) is 1.82. The van der Waals surface area contributed by atoms with E-state index >= 15 is 0 Å². The van der Waals surface area contributed by atoms with Gasteiger partial charge in [0.05, 0.1) is 16.5 Å². The minimum absolute atomic E-state index is 0.280. The van der Waals surface area contributed by atoms with Crippen LogP contribution < -0.4 is 5.73 Å². The molecule has 1 aliphatic rings. The molecule has 0 saturated carbocycles. The van der Waals surface area contributed by atoms with Gasteiger partial charge in [0.15, 0.2) is 5.17 Å². The van der Waals surface area contributed by atoms with E-state index in [1.165, 1.54) is 11.8 Å². The molecule has 0 fully saturated rings. The number of carbonyl (C=O) groups is 1. The molecule has 3 rings (SSSR count). The molecule has 0 radical (unpaired) electrons. The first kappa shape index (κ1) is 15.1. The predicted octanol–water partition coefficient (Wildman–Crippen LogP) is 2.89. The molecule has 23 heavy (non-hydrogen) atoms. The van der Waals surface area contributed by atoms with E-state index in [4.69, 9.17) is 11.0 Å². The van der Waals surface area contributed by atoms with Gasteiger partial charge in [0.25, 0.3) is 5.91 Å². The first-order chi connectivity index (χ1) is 11.0. The first-order valence-electron chi connectivity index (χ1n) is 6.97. The quantitative estimate of drug-likeness (QED) is 0.862. The second-order valence-corrected chi connectivity index (χ2v) is 6.25. The Morgan fingerprint density at radius 2 is 2.00 bits per heavy atom. The van der Waals surface area contributed by atoms with E-state index in [1.807, 2.05) is 38.1 Å². The van der Waals surface area contributed by atoms with Crippen molar-refractivity contribution in [2.45, 2.75) is 13.8 Å². The van der Waals surface area contributed by atoms with Crippen molar-refractivity contribution in [3.05, 3.63) is 57.8 Å². The number of nitrogens with two attached hydrogens (primary N) is 1. The number of benzene rings is 1. The highest BCUT2D eigenvalue weighted by Crippen LogP contribution is 2.29. The Morgan fingerprint density at radius 3 is 2.57 bits per heavy atom. The van der Waals surface area contributed by atoms with Crippen LogP contribution in [0.15, 0.2) is 40.2 Å². The maximum atomic E-state index is 11.7. The number of thioether (sulfide) groups is 1. The molecule has 2 aromatic rings. The highest BCUT2D eigenvalue weighted by Gasteiger charge is 2.20. The topological polar surface area (TPSA) is 84.2 Å². The molecule has 0 unspecified atom stereocenters. The fourth-order valence-electron chi connectivity index (χ4n) is 2.58. The van der Waals surface area contributed by atoms with Gasteiger partial charge in [0, 0.05) is 17.1 Å². The minimum Gasteiger partial charge on any atom is -0.378 e. The van der Waals surface area contributed by atoms with E-state index in [1.54, 1.807) is 12.1 Å². The van der Waals surface area contributed by atoms with Gasteiger partial charge in [-0.2, -0.15) is 10.3 Å². The highest BCUT2D eigenvalue weighted by atomic mass is 32.2. The van der Waals surface area contributed by atoms with Crippen LogP contribution in [0.25, 0.3) is 11.8 Å². The molecule has 1 aromatic heterocycles. The van der Waals surface area contributed by atoms with Gasteiger partial charge in [-0.25, -0.2) is 0 Å². The maximum Gasteiger partial charge on any atom is 0.286 e. The molecule has 2 heterocycles. The minimum atomic E-state index is -0.296. The number of amidine groups is 1. The van der Waals surface area contributed by atoms with Gasteiger partial charge in [0.2, 0.25) is 0 Å². The molecule has 0 saturated heterocycles. The second kappa shape index (κ2) is 5.78. The molecule has 1 aromatic carbocycles. The SMILES string of the molecule is Cc1cc(C=C2SC(N)=NC2=O)c(C)n1-c1ccc(C#N)cc1. The number of hydrogen-bond acceptors (Lipinski definition) is 4. The molecule has 0 spiro atoms. The van der Waals surface area contributed by atoms with Crippen LogP contribution >= 0.6 is 11.8 Å². The van der Waals surface area contributed by atoms with Crippen molar-refractivity contribution >= 4 is 28.9 Å². The maximum absolute atomic E-state index is 11.7. The lowest BCUT2D eigenvalue weighted by Crippen LogP contribution is -2.01. The fraction of sp³-hybridized carbons (Fsp3) is 0.118. The Labute approximate surface area is 138 Å². The van der Waals surface area contributed by atoms with E-state index in [0.717, 1.165) is 22.6 Å². The van der Waals surface area contributed by atoms with Crippen molar-refractivity contribution in [3.8, 4) is 11.8 Å². The number of amides is 1. The third-order valence-corrected chi connectivity index (χ3v) is 4.46. The molecule has 6 heteroatoms. The van der Waals surface area contributed by atoms with E-state index in [-0.39, 0.29) is 11.1 Å². The number of nitrogens with zero attached hydrogens (tertiary/aromatic N) is 3. The Kier molecular flexibility index (Phi) is 3.80. The van der Waals surface area contributed by atoms with Crippen LogP contribution in [0.4, 0.5) is 0 Å². The van der Waals surface area contributed by atoms with E-state index in [0.29, 0.717) is 10.5 Å². The summed E-state index contributed by atoms with van der Waals surface area (Å²) in [4.78, 5) is 16.0. The summed E-state index contributed by atoms with van der Waals surface area (Å²) >= 11 is 1.19. The molecule has 114 valence electrons. The van der Waals surface area contributed by atoms with Crippen molar-refractivity contribution in [1.82, 2.24) is 4.57 Å². The van der Waals surface area contributed by atoms with Crippen molar-refractivity contribution in [3.63, 3.8) is 0 Å². The van der Waals surface area contributed by atoms with Gasteiger partial charge < -0.3 is 10.3 Å². The number of carbonyl (C=O) groups excluding carboxylic acids is 1. The number of aliphatic imine (C=N–C) groups is 1. The Bertz CT molecular complexity index is 898. The van der Waals surface area contributed by atoms with Crippen LogP contribution in [-0.2, 0) is 4.79 Å². The van der Waals surface area contributed by atoms with Gasteiger partial charge in [0.1, 0.15) is 0 Å². The zero-order chi connectivity index (χ0) is 16.6. The lowest BCUT2D eigenvalue weighted by atomic mass is 10.2. The average Bonchev–Trinajstić information content (AvgIpc) is 2.99. The molecule has 1 amide bonds. The number of aromatic nitrogens is 1. The van der Waals surface area contributed by atoms with E-state index in [9.17, 15) is 4.79 Å². The van der Waals surface area contributed by atoms with Crippen LogP contribution in [0.1, 0.15) is 22.5 Å². The van der Waals surface area contributed by atoms with Crippen LogP contribution in [0.2, 0.25) is 0 Å². The van der Waals surface area contributed by atoms with Gasteiger partial charge in [-0.3, -0.25) is 4.79 Å². The molecule has 1 aliphatic heterocycles. The van der Waals surface area contributed by atoms with Crippen LogP contribution in [0, 0.1) is 25.2 Å². The van der Waals surface area contributed by atoms with E-state index in [2.05, 4.69) is 15.6 Å². The standard InChI is InChI=1S/C17H14N4OS/c1-10-7-13(8-15-16(22)20-17(19)23-15)11(2)21(10)14-5-3-12(9-18)4-6-14/h3-8H,1-2H3,(H2,19,20,22). The molecule has 2 N–H and O–H groups in total. The number of nitriles is 1. The molecular formula is C17H14N4OS. The number of rotatable bonds is 2. The summed E-state index contributed by atoms with van der Waals surface area (Å²) in [5.41, 5.74) is 10.2. The molecule has 5 nitrogen and oxygen atoms in total. The molecule has 0 bridgehead atoms. The lowest BCUT2D eigenvalue weighted by Gasteiger charge is -2.09.